The van der Waals surface area contributed by atoms with Crippen LogP contribution in [0.5, 0.6) is 5.75 Å². The van der Waals surface area contributed by atoms with Gasteiger partial charge in [0, 0.05) is 6.54 Å². The molecule has 1 heterocycles. The Labute approximate surface area is 138 Å². The SMILES string of the molecule is COc1ccc(F)cc1C(=O)OCC(=O)N1CCCC[C@H]1C(N)=O. The number of amides is 2. The van der Waals surface area contributed by atoms with Gasteiger partial charge in [-0.05, 0) is 37.5 Å². The van der Waals surface area contributed by atoms with Crippen molar-refractivity contribution in [2.24, 2.45) is 5.73 Å². The summed E-state index contributed by atoms with van der Waals surface area (Å²) in [7, 11) is 1.33. The summed E-state index contributed by atoms with van der Waals surface area (Å²) in [5, 5.41) is 0. The van der Waals surface area contributed by atoms with Gasteiger partial charge in [-0.3, -0.25) is 9.59 Å². The summed E-state index contributed by atoms with van der Waals surface area (Å²) >= 11 is 0. The summed E-state index contributed by atoms with van der Waals surface area (Å²) in [5.41, 5.74) is 5.18. The third-order valence-corrected chi connectivity index (χ3v) is 3.86. The van der Waals surface area contributed by atoms with Crippen molar-refractivity contribution in [3.63, 3.8) is 0 Å². The molecule has 1 aromatic rings. The number of piperidine rings is 1. The maximum absolute atomic E-state index is 13.3. The van der Waals surface area contributed by atoms with E-state index in [-0.39, 0.29) is 11.3 Å². The second kappa shape index (κ2) is 7.76. The minimum absolute atomic E-state index is 0.115. The molecule has 1 fully saturated rings. The number of carbonyl (C=O) groups is 3. The Kier molecular flexibility index (Phi) is 5.73. The lowest BCUT2D eigenvalue weighted by Crippen LogP contribution is -2.51. The zero-order valence-corrected chi connectivity index (χ0v) is 13.3. The highest BCUT2D eigenvalue weighted by Crippen LogP contribution is 2.21. The number of nitrogens with zero attached hydrogens (tertiary/aromatic N) is 1. The summed E-state index contributed by atoms with van der Waals surface area (Å²) in [4.78, 5) is 37.0. The van der Waals surface area contributed by atoms with E-state index in [1.807, 2.05) is 0 Å². The van der Waals surface area contributed by atoms with Crippen molar-refractivity contribution in [2.75, 3.05) is 20.3 Å². The van der Waals surface area contributed by atoms with Crippen LogP contribution in [0.2, 0.25) is 0 Å². The molecule has 1 aliphatic heterocycles. The van der Waals surface area contributed by atoms with Gasteiger partial charge in [0.1, 0.15) is 23.2 Å². The molecule has 0 bridgehead atoms. The maximum atomic E-state index is 13.3. The molecule has 130 valence electrons. The Bertz CT molecular complexity index is 649. The van der Waals surface area contributed by atoms with Crippen molar-refractivity contribution >= 4 is 17.8 Å². The molecule has 0 aromatic heterocycles. The molecule has 24 heavy (non-hydrogen) atoms. The van der Waals surface area contributed by atoms with Gasteiger partial charge >= 0.3 is 5.97 Å². The van der Waals surface area contributed by atoms with E-state index in [2.05, 4.69) is 0 Å². The van der Waals surface area contributed by atoms with Gasteiger partial charge in [0.15, 0.2) is 6.61 Å². The topological polar surface area (TPSA) is 98.9 Å². The first-order valence-electron chi connectivity index (χ1n) is 7.53. The number of rotatable bonds is 5. The fraction of sp³-hybridized carbons (Fsp3) is 0.438. The number of hydrogen-bond acceptors (Lipinski definition) is 5. The number of nitrogens with two attached hydrogens (primary N) is 1. The van der Waals surface area contributed by atoms with Gasteiger partial charge in [-0.2, -0.15) is 0 Å². The van der Waals surface area contributed by atoms with E-state index in [1.54, 1.807) is 0 Å². The van der Waals surface area contributed by atoms with Crippen molar-refractivity contribution in [3.05, 3.63) is 29.6 Å². The minimum Gasteiger partial charge on any atom is -0.496 e. The number of ether oxygens (including phenoxy) is 2. The largest absolute Gasteiger partial charge is 0.496 e. The number of carbonyl (C=O) groups excluding carboxylic acids is 3. The molecule has 0 radical (unpaired) electrons. The Morgan fingerprint density at radius 1 is 1.33 bits per heavy atom. The van der Waals surface area contributed by atoms with Gasteiger partial charge in [0.05, 0.1) is 7.11 Å². The third kappa shape index (κ3) is 4.01. The molecule has 0 saturated carbocycles. The molecule has 0 aliphatic carbocycles. The normalized spacial score (nSPS) is 17.2. The number of esters is 1. The van der Waals surface area contributed by atoms with Crippen LogP contribution in [0.4, 0.5) is 4.39 Å². The molecular weight excluding hydrogens is 319 g/mol. The first kappa shape index (κ1) is 17.7. The molecule has 1 saturated heterocycles. The quantitative estimate of drug-likeness (QED) is 0.803. The summed E-state index contributed by atoms with van der Waals surface area (Å²) in [6.45, 7) is -0.171. The van der Waals surface area contributed by atoms with Crippen LogP contribution in [-0.2, 0) is 14.3 Å². The van der Waals surface area contributed by atoms with E-state index in [4.69, 9.17) is 15.2 Å². The zero-order chi connectivity index (χ0) is 17.7. The van der Waals surface area contributed by atoms with Crippen molar-refractivity contribution in [1.82, 2.24) is 4.90 Å². The third-order valence-electron chi connectivity index (χ3n) is 3.86. The summed E-state index contributed by atoms with van der Waals surface area (Å²) in [6.07, 6.45) is 2.05. The van der Waals surface area contributed by atoms with Crippen LogP contribution in [0.1, 0.15) is 29.6 Å². The van der Waals surface area contributed by atoms with E-state index in [0.29, 0.717) is 13.0 Å². The number of methoxy groups -OCH3 is 1. The van der Waals surface area contributed by atoms with Crippen LogP contribution in [0, 0.1) is 5.82 Å². The minimum atomic E-state index is -0.882. The molecule has 7 nitrogen and oxygen atoms in total. The van der Waals surface area contributed by atoms with Crippen LogP contribution in [0.15, 0.2) is 18.2 Å². The lowest BCUT2D eigenvalue weighted by Gasteiger charge is -2.33. The zero-order valence-electron chi connectivity index (χ0n) is 13.3. The smallest absolute Gasteiger partial charge is 0.342 e. The van der Waals surface area contributed by atoms with Gasteiger partial charge in [0.2, 0.25) is 5.91 Å². The predicted octanol–water partition coefficient (Wildman–Crippen LogP) is 0.857. The maximum Gasteiger partial charge on any atom is 0.342 e. The van der Waals surface area contributed by atoms with Gasteiger partial charge in [-0.25, -0.2) is 9.18 Å². The molecule has 2 N–H and O–H groups in total. The molecule has 1 atom stereocenters. The Morgan fingerprint density at radius 3 is 2.75 bits per heavy atom. The van der Waals surface area contributed by atoms with Gasteiger partial charge < -0.3 is 20.1 Å². The standard InChI is InChI=1S/C16H19FN2O5/c1-23-13-6-5-10(17)8-11(13)16(22)24-9-14(20)19-7-3-2-4-12(19)15(18)21/h5-6,8,12H,2-4,7,9H2,1H3,(H2,18,21)/t12-/m0/s1. The fourth-order valence-corrected chi connectivity index (χ4v) is 2.65. The highest BCUT2D eigenvalue weighted by atomic mass is 19.1. The van der Waals surface area contributed by atoms with E-state index in [0.717, 1.165) is 25.0 Å². The molecule has 2 amide bonds. The van der Waals surface area contributed by atoms with Crippen molar-refractivity contribution in [2.45, 2.75) is 25.3 Å². The first-order chi connectivity index (χ1) is 11.4. The van der Waals surface area contributed by atoms with Crippen LogP contribution in [0.3, 0.4) is 0 Å². The Hall–Kier alpha value is -2.64. The first-order valence-corrected chi connectivity index (χ1v) is 7.53. The lowest BCUT2D eigenvalue weighted by atomic mass is 10.0. The molecule has 2 rings (SSSR count). The molecule has 0 spiro atoms. The number of primary amides is 1. The number of benzene rings is 1. The highest BCUT2D eigenvalue weighted by molar-refractivity contribution is 5.94. The molecule has 8 heteroatoms. The Morgan fingerprint density at radius 2 is 2.08 bits per heavy atom. The monoisotopic (exact) mass is 338 g/mol. The van der Waals surface area contributed by atoms with Gasteiger partial charge in [-0.15, -0.1) is 0 Å². The summed E-state index contributed by atoms with van der Waals surface area (Å²) < 4.78 is 23.2. The van der Waals surface area contributed by atoms with E-state index < -0.39 is 36.2 Å². The highest BCUT2D eigenvalue weighted by Gasteiger charge is 2.31. The van der Waals surface area contributed by atoms with E-state index in [1.165, 1.54) is 18.1 Å². The van der Waals surface area contributed by atoms with E-state index in [9.17, 15) is 18.8 Å². The number of hydrogen-bond donors (Lipinski definition) is 1. The number of halogens is 1. The van der Waals surface area contributed by atoms with Crippen LogP contribution >= 0.6 is 0 Å². The van der Waals surface area contributed by atoms with Crippen LogP contribution < -0.4 is 10.5 Å². The Balaban J connectivity index is 2.02. The average Bonchev–Trinajstić information content (AvgIpc) is 2.59. The summed E-state index contributed by atoms with van der Waals surface area (Å²) in [6, 6.07) is 2.72. The van der Waals surface area contributed by atoms with Crippen LogP contribution in [-0.4, -0.2) is 49.0 Å². The molecule has 0 unspecified atom stereocenters. The second-order valence-electron chi connectivity index (χ2n) is 5.42. The predicted molar refractivity (Wildman–Crippen MR) is 81.8 cm³/mol. The lowest BCUT2D eigenvalue weighted by molar-refractivity contribution is -0.143. The van der Waals surface area contributed by atoms with Gasteiger partial charge in [0.25, 0.3) is 5.91 Å². The van der Waals surface area contributed by atoms with Crippen LogP contribution in [0.25, 0.3) is 0 Å². The number of likely N-dealkylation sites (tertiary alicyclic amines) is 1. The average molecular weight is 338 g/mol. The molecule has 1 aliphatic rings. The molecular formula is C16H19FN2O5. The fourth-order valence-electron chi connectivity index (χ4n) is 2.65. The summed E-state index contributed by atoms with van der Waals surface area (Å²) in [5.74, 6) is -2.46. The second-order valence-corrected chi connectivity index (χ2v) is 5.42. The molecule has 1 aromatic carbocycles. The van der Waals surface area contributed by atoms with Crippen molar-refractivity contribution in [1.29, 1.82) is 0 Å². The van der Waals surface area contributed by atoms with Crippen molar-refractivity contribution < 1.29 is 28.2 Å². The van der Waals surface area contributed by atoms with E-state index >= 15 is 0 Å². The van der Waals surface area contributed by atoms with Gasteiger partial charge in [-0.1, -0.05) is 0 Å². The van der Waals surface area contributed by atoms with Crippen molar-refractivity contribution in [3.8, 4) is 5.75 Å².